The number of rotatable bonds is 21. The van der Waals surface area contributed by atoms with Crippen LogP contribution in [0.15, 0.2) is 12.2 Å². The Morgan fingerprint density at radius 2 is 0.908 bits per heavy atom. The molecule has 13 atom stereocenters. The lowest BCUT2D eigenvalue weighted by molar-refractivity contribution is -0.157. The van der Waals surface area contributed by atoms with Crippen molar-refractivity contribution in [2.24, 2.45) is 41.4 Å². The number of amides is 11. The molecular weight excluding hydrogens is 1280 g/mol. The quantitative estimate of drug-likeness (QED) is 0.103. The van der Waals surface area contributed by atoms with Gasteiger partial charge in [-0.2, -0.15) is 0 Å². The van der Waals surface area contributed by atoms with Crippen LogP contribution in [0.3, 0.4) is 0 Å². The van der Waals surface area contributed by atoms with Gasteiger partial charge in [0.05, 0.1) is 30.8 Å². The van der Waals surface area contributed by atoms with Crippen LogP contribution in [0.2, 0.25) is 0 Å². The normalized spacial score (nSPS) is 27.0. The lowest BCUT2D eigenvalue weighted by atomic mass is 9.91. The van der Waals surface area contributed by atoms with Crippen molar-refractivity contribution < 1.29 is 71.0 Å². The molecule has 2 rings (SSSR count). The van der Waals surface area contributed by atoms with Crippen molar-refractivity contribution in [1.82, 2.24) is 60.5 Å². The minimum Gasteiger partial charge on any atom is -0.390 e. The Balaban J connectivity index is 3.15. The minimum atomic E-state index is -4.22. The maximum atomic E-state index is 15.5. The summed E-state index contributed by atoms with van der Waals surface area (Å²) >= 11 is 0. The van der Waals surface area contributed by atoms with Gasteiger partial charge in [0.2, 0.25) is 65.0 Å². The number of nitrogens with one attached hydrogen (secondary N) is 4. The van der Waals surface area contributed by atoms with Crippen LogP contribution in [0.25, 0.3) is 0 Å². The van der Waals surface area contributed by atoms with E-state index in [0.29, 0.717) is 32.8 Å². The summed E-state index contributed by atoms with van der Waals surface area (Å²) in [5, 5.41) is 23.3. The van der Waals surface area contributed by atoms with Gasteiger partial charge in [0.15, 0.2) is 9.84 Å². The molecule has 0 unspecified atom stereocenters. The highest BCUT2D eigenvalue weighted by Gasteiger charge is 2.47. The summed E-state index contributed by atoms with van der Waals surface area (Å²) < 4.78 is 34.4. The van der Waals surface area contributed by atoms with E-state index >= 15 is 33.6 Å². The second kappa shape index (κ2) is 40.3. The summed E-state index contributed by atoms with van der Waals surface area (Å²) in [5.41, 5.74) is 0. The van der Waals surface area contributed by atoms with Crippen LogP contribution in [0, 0.1) is 41.4 Å². The van der Waals surface area contributed by atoms with Crippen molar-refractivity contribution >= 4 is 74.8 Å². The SMILES string of the molecule is C/C=C/C[C@@H](C)[C@@H](O)[C@H]1C(=O)N[C@@H](CC)C(=O)N(C)[C@H](CS(=O)(=O)CCCN2CCOCC2)C(=O)N(C)[C@@H](CC(C)C)C(=O)N[C@@H](C(C)C)C(=O)N(C)[C@@H](CC(C)C)C(=O)N[C@@H](C)C(=O)N[C@H](C)C(=O)N(C)[C@@H](CC(C)C)C(=O)N(C)[C@@H](CC(C)C)C(=O)N(C)[C@@H](C(C)C)C(=O)N1C. The molecule has 2 aliphatic heterocycles. The number of hydrogen-bond donors (Lipinski definition) is 5. The second-order valence-electron chi connectivity index (χ2n) is 29.7. The minimum absolute atomic E-state index is 0.0116. The van der Waals surface area contributed by atoms with Crippen molar-refractivity contribution in [2.45, 2.75) is 235 Å². The molecule has 98 heavy (non-hydrogen) atoms. The number of aliphatic hydroxyl groups is 1. The molecule has 0 spiro atoms. The van der Waals surface area contributed by atoms with E-state index in [0.717, 1.165) is 14.7 Å². The van der Waals surface area contributed by atoms with Crippen LogP contribution in [-0.2, 0) is 67.3 Å². The number of nitrogens with zero attached hydrogens (tertiary/aromatic N) is 8. The number of carbonyl (C=O) groups excluding carboxylic acids is 11. The standard InChI is InChI=1S/C70H126N12O15S/c1-25-27-29-47(15)59(83)58-63(87)73-50(26-2)65(89)79(22)55(40-98(95,96)35-28-30-82-31-33-97-34-32-82)68(92)75(18)52(37-42(5)6)62(86)74-56(45(11)12)69(93)76(19)51(36-41(3)4)61(85)71-48(16)60(84)72-49(17)64(88)77(20)53(38-43(7)8)66(90)78(21)54(39-44(9)10)67(91)80(23)57(46(13)14)70(94)81(58)24/h25,27,41-59,83H,26,28-40H2,1-24H3,(H,71,85)(H,72,84)(H,73,87)(H,74,86)/b27-25+/t47-,48+,49-,50+,51+,52+,53+,54+,55-,56+,57+,58+,59-/m1/s1. The first kappa shape index (κ1) is 87.8. The molecule has 0 aromatic carbocycles. The highest BCUT2D eigenvalue weighted by Crippen LogP contribution is 2.26. The predicted octanol–water partition coefficient (Wildman–Crippen LogP) is 2.77. The smallest absolute Gasteiger partial charge is 0.246 e. The molecule has 0 aromatic heterocycles. The zero-order chi connectivity index (χ0) is 75.3. The number of aliphatic hydroxyl groups excluding tert-OH is 1. The molecular formula is C70H126N12O15S. The lowest BCUT2D eigenvalue weighted by Gasteiger charge is -2.41. The van der Waals surface area contributed by atoms with E-state index in [1.165, 1.54) is 82.8 Å². The molecule has 2 heterocycles. The number of sulfone groups is 1. The summed E-state index contributed by atoms with van der Waals surface area (Å²) in [6, 6.07) is -15.2. The number of likely N-dealkylation sites (N-methyl/N-ethyl adjacent to an activating group) is 7. The Bertz CT molecular complexity index is 2830. The summed E-state index contributed by atoms with van der Waals surface area (Å²) in [7, 11) is 5.30. The number of allylic oxidation sites excluding steroid dienone is 2. The summed E-state index contributed by atoms with van der Waals surface area (Å²) in [6.45, 7) is 31.9. The fourth-order valence-corrected chi connectivity index (χ4v) is 14.2. The average molecular weight is 1410 g/mol. The van der Waals surface area contributed by atoms with Crippen molar-refractivity contribution in [3.05, 3.63) is 12.2 Å². The molecule has 2 saturated heterocycles. The molecule has 0 aliphatic carbocycles. The first-order chi connectivity index (χ1) is 45.4. The van der Waals surface area contributed by atoms with Gasteiger partial charge in [-0.15, -0.1) is 0 Å². The summed E-state index contributed by atoms with van der Waals surface area (Å²) in [6.07, 6.45) is 2.52. The van der Waals surface area contributed by atoms with Crippen molar-refractivity contribution in [2.75, 3.05) is 93.7 Å². The van der Waals surface area contributed by atoms with Gasteiger partial charge in [-0.05, 0) is 114 Å². The fourth-order valence-electron chi connectivity index (χ4n) is 12.6. The third-order valence-corrected chi connectivity index (χ3v) is 20.6. The molecule has 5 N–H and O–H groups in total. The molecule has 562 valence electrons. The Kier molecular flexibility index (Phi) is 36.1. The highest BCUT2D eigenvalue weighted by atomic mass is 32.2. The molecule has 2 aliphatic rings. The number of hydrogen-bond acceptors (Lipinski definition) is 16. The molecule has 0 radical (unpaired) electrons. The largest absolute Gasteiger partial charge is 0.390 e. The zero-order valence-corrected chi connectivity index (χ0v) is 64.5. The molecule has 0 saturated carbocycles. The molecule has 11 amide bonds. The first-order valence-electron chi connectivity index (χ1n) is 35.3. The predicted molar refractivity (Wildman–Crippen MR) is 378 cm³/mol. The van der Waals surface area contributed by atoms with Gasteiger partial charge in [0.1, 0.15) is 66.5 Å². The van der Waals surface area contributed by atoms with Crippen LogP contribution in [-0.4, -0.2) is 284 Å². The molecule has 0 aromatic rings. The monoisotopic (exact) mass is 1410 g/mol. The third kappa shape index (κ3) is 25.1. The highest BCUT2D eigenvalue weighted by molar-refractivity contribution is 7.91. The topological polar surface area (TPSA) is 325 Å². The summed E-state index contributed by atoms with van der Waals surface area (Å²) in [4.78, 5) is 175. The second-order valence-corrected chi connectivity index (χ2v) is 32.0. The van der Waals surface area contributed by atoms with Gasteiger partial charge >= 0.3 is 0 Å². The summed E-state index contributed by atoms with van der Waals surface area (Å²) in [5.74, 6) is -12.7. The molecule has 0 bridgehead atoms. The van der Waals surface area contributed by atoms with Crippen LogP contribution in [0.1, 0.15) is 163 Å². The van der Waals surface area contributed by atoms with E-state index in [-0.39, 0.29) is 74.4 Å². The Morgan fingerprint density at radius 1 is 0.490 bits per heavy atom. The van der Waals surface area contributed by atoms with Gasteiger partial charge in [0.25, 0.3) is 0 Å². The van der Waals surface area contributed by atoms with Crippen LogP contribution in [0.4, 0.5) is 0 Å². The van der Waals surface area contributed by atoms with Crippen molar-refractivity contribution in [3.63, 3.8) is 0 Å². The zero-order valence-electron chi connectivity index (χ0n) is 63.7. The lowest BCUT2D eigenvalue weighted by Crippen LogP contribution is -2.64. The van der Waals surface area contributed by atoms with E-state index in [9.17, 15) is 32.7 Å². The van der Waals surface area contributed by atoms with Gasteiger partial charge in [-0.3, -0.25) is 57.6 Å². The fraction of sp³-hybridized carbons (Fsp3) is 0.814. The van der Waals surface area contributed by atoms with E-state index < -0.39 is 171 Å². The number of carbonyl (C=O) groups is 11. The van der Waals surface area contributed by atoms with Crippen LogP contribution in [0.5, 0.6) is 0 Å². The van der Waals surface area contributed by atoms with E-state index in [4.69, 9.17) is 4.74 Å². The van der Waals surface area contributed by atoms with Crippen molar-refractivity contribution in [1.29, 1.82) is 0 Å². The Morgan fingerprint density at radius 3 is 1.38 bits per heavy atom. The number of morpholine rings is 1. The van der Waals surface area contributed by atoms with E-state index in [2.05, 4.69) is 26.2 Å². The first-order valence-corrected chi connectivity index (χ1v) is 37.1. The van der Waals surface area contributed by atoms with E-state index in [1.54, 1.807) is 74.5 Å². The maximum Gasteiger partial charge on any atom is 0.246 e. The molecule has 28 heteroatoms. The maximum absolute atomic E-state index is 15.5. The van der Waals surface area contributed by atoms with Crippen LogP contribution >= 0.6 is 0 Å². The molecule has 27 nitrogen and oxygen atoms in total. The van der Waals surface area contributed by atoms with E-state index in [1.807, 2.05) is 41.5 Å². The van der Waals surface area contributed by atoms with Crippen LogP contribution < -0.4 is 21.3 Å². The average Bonchev–Trinajstić information content (AvgIpc) is 0.807. The number of ether oxygens (including phenoxy) is 1. The Labute approximate surface area is 586 Å². The molecule has 2 fully saturated rings. The Hall–Kier alpha value is -6.26. The van der Waals surface area contributed by atoms with Gasteiger partial charge in [-0.25, -0.2) is 8.42 Å². The van der Waals surface area contributed by atoms with Crippen molar-refractivity contribution in [3.8, 4) is 0 Å². The van der Waals surface area contributed by atoms with Gasteiger partial charge in [-0.1, -0.05) is 109 Å². The van der Waals surface area contributed by atoms with Gasteiger partial charge in [0, 0.05) is 62.4 Å². The van der Waals surface area contributed by atoms with Gasteiger partial charge < -0.3 is 65.4 Å². The third-order valence-electron chi connectivity index (χ3n) is 18.8.